The lowest BCUT2D eigenvalue weighted by Gasteiger charge is -1.94. The molecule has 9 heavy (non-hydrogen) atoms. The van der Waals surface area contributed by atoms with E-state index < -0.39 is 0 Å². The van der Waals surface area contributed by atoms with Crippen molar-refractivity contribution in [3.05, 3.63) is 0 Å². The predicted molar refractivity (Wildman–Crippen MR) is 36.4 cm³/mol. The maximum Gasteiger partial charge on any atom is 0.105 e. The molecule has 0 heterocycles. The zero-order valence-corrected chi connectivity index (χ0v) is 6.39. The summed E-state index contributed by atoms with van der Waals surface area (Å²) in [5.41, 5.74) is 0. The maximum atomic E-state index is 7.71. The minimum absolute atomic E-state index is 0.258. The molecule has 0 radical (unpaired) electrons. The van der Waals surface area contributed by atoms with Gasteiger partial charge in [-0.3, -0.25) is 5.26 Å². The summed E-state index contributed by atoms with van der Waals surface area (Å²) in [6.07, 6.45) is 0. The molecule has 0 atom stereocenters. The monoisotopic (exact) mass is 136 g/mol. The first-order valence-electron chi connectivity index (χ1n) is 3.26. The lowest BCUT2D eigenvalue weighted by Crippen LogP contribution is -2.00. The molecule has 3 nitrogen and oxygen atoms in total. The summed E-state index contributed by atoms with van der Waals surface area (Å²) in [5.74, 6) is 0. The van der Waals surface area contributed by atoms with Crippen molar-refractivity contribution in [3.63, 3.8) is 0 Å². The number of rotatable bonds is 4. The van der Waals surface area contributed by atoms with Gasteiger partial charge in [-0.25, -0.2) is 4.89 Å². The van der Waals surface area contributed by atoms with Gasteiger partial charge >= 0.3 is 0 Å². The molecular formula is C6H16O3. The highest BCUT2D eigenvalue weighted by Gasteiger charge is 1.79. The minimum Gasteiger partial charge on any atom is -0.379 e. The van der Waals surface area contributed by atoms with Crippen LogP contribution in [0.2, 0.25) is 0 Å². The second-order valence-corrected chi connectivity index (χ2v) is 1.03. The van der Waals surface area contributed by atoms with E-state index in [4.69, 9.17) is 9.99 Å². The molecule has 1 N–H and O–H groups in total. The Morgan fingerprint density at radius 1 is 1.22 bits per heavy atom. The first-order valence-corrected chi connectivity index (χ1v) is 3.26. The number of ether oxygens (including phenoxy) is 1. The van der Waals surface area contributed by atoms with Crippen LogP contribution in [0.4, 0.5) is 0 Å². The Kier molecular flexibility index (Phi) is 20.3. The molecule has 0 spiro atoms. The van der Waals surface area contributed by atoms with Gasteiger partial charge in [0, 0.05) is 6.61 Å². The smallest absolute Gasteiger partial charge is 0.105 e. The number of hydrogen-bond acceptors (Lipinski definition) is 3. The molecule has 0 saturated heterocycles. The fourth-order valence-electron chi connectivity index (χ4n) is 0.241. The van der Waals surface area contributed by atoms with Crippen LogP contribution in [-0.2, 0) is 9.62 Å². The van der Waals surface area contributed by atoms with Crippen LogP contribution < -0.4 is 0 Å². The van der Waals surface area contributed by atoms with Crippen LogP contribution in [0.3, 0.4) is 0 Å². The highest BCUT2D eigenvalue weighted by Crippen LogP contribution is 1.71. The SMILES string of the molecule is CC.CCOCCOO. The molecule has 0 saturated carbocycles. The zero-order valence-electron chi connectivity index (χ0n) is 6.39. The summed E-state index contributed by atoms with van der Waals surface area (Å²) in [6.45, 7) is 7.28. The summed E-state index contributed by atoms with van der Waals surface area (Å²) >= 11 is 0. The zero-order chi connectivity index (χ0) is 7.54. The van der Waals surface area contributed by atoms with E-state index in [0.717, 1.165) is 0 Å². The molecule has 0 aromatic heterocycles. The summed E-state index contributed by atoms with van der Waals surface area (Å²) < 4.78 is 4.79. The highest BCUT2D eigenvalue weighted by atomic mass is 17.1. The Morgan fingerprint density at radius 2 is 1.78 bits per heavy atom. The second kappa shape index (κ2) is 15.7. The van der Waals surface area contributed by atoms with Gasteiger partial charge in [0.15, 0.2) is 0 Å². The quantitative estimate of drug-likeness (QED) is 0.362. The van der Waals surface area contributed by atoms with Crippen LogP contribution in [0.5, 0.6) is 0 Å². The fourth-order valence-corrected chi connectivity index (χ4v) is 0.241. The van der Waals surface area contributed by atoms with E-state index in [1.165, 1.54) is 0 Å². The molecule has 58 valence electrons. The number of hydrogen-bond donors (Lipinski definition) is 1. The Hall–Kier alpha value is -0.120. The van der Waals surface area contributed by atoms with Crippen LogP contribution in [0.15, 0.2) is 0 Å². The standard InChI is InChI=1S/C4H10O3.C2H6/c1-2-6-3-4-7-5;1-2/h5H,2-4H2,1H3;1-2H3. The minimum atomic E-state index is 0.258. The van der Waals surface area contributed by atoms with Crippen molar-refractivity contribution in [2.75, 3.05) is 19.8 Å². The van der Waals surface area contributed by atoms with Crippen molar-refractivity contribution in [3.8, 4) is 0 Å². The molecule has 3 heteroatoms. The van der Waals surface area contributed by atoms with Crippen LogP contribution >= 0.6 is 0 Å². The third-order valence-electron chi connectivity index (χ3n) is 0.523. The van der Waals surface area contributed by atoms with E-state index in [1.54, 1.807) is 0 Å². The normalized spacial score (nSPS) is 8.00. The van der Waals surface area contributed by atoms with Gasteiger partial charge in [0.05, 0.1) is 6.61 Å². The van der Waals surface area contributed by atoms with Gasteiger partial charge in [0.25, 0.3) is 0 Å². The molecule has 0 aromatic carbocycles. The van der Waals surface area contributed by atoms with Gasteiger partial charge in [0.1, 0.15) is 6.61 Å². The average molecular weight is 136 g/mol. The Labute approximate surface area is 56.5 Å². The van der Waals surface area contributed by atoms with Gasteiger partial charge < -0.3 is 4.74 Å². The van der Waals surface area contributed by atoms with Gasteiger partial charge in [-0.2, -0.15) is 0 Å². The average Bonchev–Trinajstić information content (AvgIpc) is 1.94. The first-order chi connectivity index (χ1) is 4.41. The van der Waals surface area contributed by atoms with Gasteiger partial charge in [-0.1, -0.05) is 13.8 Å². The van der Waals surface area contributed by atoms with Crippen LogP contribution in [0.1, 0.15) is 20.8 Å². The second-order valence-electron chi connectivity index (χ2n) is 1.03. The molecule has 0 aliphatic heterocycles. The van der Waals surface area contributed by atoms with Crippen LogP contribution in [0, 0.1) is 0 Å². The molecule has 0 unspecified atom stereocenters. The summed E-state index contributed by atoms with van der Waals surface area (Å²) in [5, 5.41) is 7.71. The molecule has 0 amide bonds. The third kappa shape index (κ3) is 18.1. The van der Waals surface area contributed by atoms with Gasteiger partial charge in [-0.15, -0.1) is 0 Å². The Bertz CT molecular complexity index is 27.5. The van der Waals surface area contributed by atoms with E-state index in [-0.39, 0.29) is 6.61 Å². The summed E-state index contributed by atoms with van der Waals surface area (Å²) in [7, 11) is 0. The van der Waals surface area contributed by atoms with Crippen molar-refractivity contribution in [2.45, 2.75) is 20.8 Å². The maximum absolute atomic E-state index is 7.71. The Morgan fingerprint density at radius 3 is 2.11 bits per heavy atom. The molecule has 0 bridgehead atoms. The van der Waals surface area contributed by atoms with E-state index in [9.17, 15) is 0 Å². The van der Waals surface area contributed by atoms with E-state index in [1.807, 2.05) is 20.8 Å². The molecule has 0 fully saturated rings. The van der Waals surface area contributed by atoms with Crippen molar-refractivity contribution in [1.29, 1.82) is 0 Å². The Balaban J connectivity index is 0. The van der Waals surface area contributed by atoms with Gasteiger partial charge in [-0.05, 0) is 6.92 Å². The van der Waals surface area contributed by atoms with Crippen molar-refractivity contribution >= 4 is 0 Å². The van der Waals surface area contributed by atoms with E-state index in [2.05, 4.69) is 4.89 Å². The third-order valence-corrected chi connectivity index (χ3v) is 0.523. The van der Waals surface area contributed by atoms with Crippen molar-refractivity contribution < 1.29 is 14.9 Å². The predicted octanol–water partition coefficient (Wildman–Crippen LogP) is 1.54. The van der Waals surface area contributed by atoms with E-state index in [0.29, 0.717) is 13.2 Å². The molecule has 0 aliphatic rings. The van der Waals surface area contributed by atoms with Crippen LogP contribution in [-0.4, -0.2) is 25.1 Å². The summed E-state index contributed by atoms with van der Waals surface area (Å²) in [6, 6.07) is 0. The first kappa shape index (κ1) is 11.6. The van der Waals surface area contributed by atoms with Crippen LogP contribution in [0.25, 0.3) is 0 Å². The lowest BCUT2D eigenvalue weighted by molar-refractivity contribution is -0.248. The molecule has 0 rings (SSSR count). The van der Waals surface area contributed by atoms with Crippen molar-refractivity contribution in [1.82, 2.24) is 0 Å². The lowest BCUT2D eigenvalue weighted by atomic mass is 10.8. The molecule has 0 aliphatic carbocycles. The largest absolute Gasteiger partial charge is 0.379 e. The molecular weight excluding hydrogens is 120 g/mol. The summed E-state index contributed by atoms with van der Waals surface area (Å²) in [4.78, 5) is 3.72. The van der Waals surface area contributed by atoms with E-state index >= 15 is 0 Å². The van der Waals surface area contributed by atoms with Gasteiger partial charge in [0.2, 0.25) is 0 Å². The van der Waals surface area contributed by atoms with Crippen molar-refractivity contribution in [2.24, 2.45) is 0 Å². The fraction of sp³-hybridized carbons (Fsp3) is 1.00. The topological polar surface area (TPSA) is 38.7 Å². The highest BCUT2D eigenvalue weighted by molar-refractivity contribution is 4.20. The molecule has 0 aromatic rings.